The standard InChI is InChI=1S/C14H16N2O2S/c15-14-16-13(9-19-14)11-3-1-2-10(6-11)7-18-12-4-5-17-8-12/h1-3,6,9,12H,4-5,7-8H2,(H2,15,16). The van der Waals surface area contributed by atoms with Crippen LogP contribution in [-0.2, 0) is 16.1 Å². The fourth-order valence-corrected chi connectivity index (χ4v) is 2.67. The highest BCUT2D eigenvalue weighted by atomic mass is 32.1. The van der Waals surface area contributed by atoms with Gasteiger partial charge in [-0.1, -0.05) is 18.2 Å². The highest BCUT2D eigenvalue weighted by molar-refractivity contribution is 7.13. The lowest BCUT2D eigenvalue weighted by molar-refractivity contribution is 0.0318. The molecule has 1 atom stereocenters. The van der Waals surface area contributed by atoms with Crippen molar-refractivity contribution in [3.05, 3.63) is 35.2 Å². The molecule has 19 heavy (non-hydrogen) atoms. The lowest BCUT2D eigenvalue weighted by atomic mass is 10.1. The lowest BCUT2D eigenvalue weighted by Gasteiger charge is -2.10. The lowest BCUT2D eigenvalue weighted by Crippen LogP contribution is -2.11. The third-order valence-corrected chi connectivity index (χ3v) is 3.79. The Morgan fingerprint density at radius 2 is 2.42 bits per heavy atom. The van der Waals surface area contributed by atoms with Crippen LogP contribution in [-0.4, -0.2) is 24.3 Å². The predicted octanol–water partition coefficient (Wildman–Crippen LogP) is 2.70. The number of anilines is 1. The maximum absolute atomic E-state index is 5.82. The van der Waals surface area contributed by atoms with Gasteiger partial charge in [-0.3, -0.25) is 0 Å². The van der Waals surface area contributed by atoms with Gasteiger partial charge in [0.2, 0.25) is 0 Å². The minimum Gasteiger partial charge on any atom is -0.379 e. The summed E-state index contributed by atoms with van der Waals surface area (Å²) in [5, 5.41) is 2.57. The topological polar surface area (TPSA) is 57.4 Å². The number of hydrogen-bond acceptors (Lipinski definition) is 5. The molecule has 1 aliphatic heterocycles. The van der Waals surface area contributed by atoms with Gasteiger partial charge in [0.05, 0.1) is 25.0 Å². The number of nitrogens with two attached hydrogens (primary N) is 1. The quantitative estimate of drug-likeness (QED) is 0.932. The maximum atomic E-state index is 5.82. The Kier molecular flexibility index (Phi) is 3.77. The van der Waals surface area contributed by atoms with Crippen molar-refractivity contribution in [1.82, 2.24) is 4.98 Å². The SMILES string of the molecule is Nc1nc(-c2cccc(COC3CCOC3)c2)cs1. The molecule has 3 rings (SSSR count). The van der Waals surface area contributed by atoms with E-state index in [-0.39, 0.29) is 6.10 Å². The summed E-state index contributed by atoms with van der Waals surface area (Å²) in [6, 6.07) is 8.23. The molecular weight excluding hydrogens is 260 g/mol. The first-order valence-electron chi connectivity index (χ1n) is 6.31. The molecule has 2 heterocycles. The van der Waals surface area contributed by atoms with Gasteiger partial charge in [-0.25, -0.2) is 4.98 Å². The van der Waals surface area contributed by atoms with Crippen molar-refractivity contribution in [2.45, 2.75) is 19.1 Å². The van der Waals surface area contributed by atoms with E-state index in [1.165, 1.54) is 11.3 Å². The van der Waals surface area contributed by atoms with Gasteiger partial charge >= 0.3 is 0 Å². The van der Waals surface area contributed by atoms with Crippen molar-refractivity contribution < 1.29 is 9.47 Å². The zero-order valence-electron chi connectivity index (χ0n) is 10.5. The molecule has 0 amide bonds. The first-order valence-corrected chi connectivity index (χ1v) is 7.19. The van der Waals surface area contributed by atoms with Gasteiger partial charge in [-0.2, -0.15) is 0 Å². The van der Waals surface area contributed by atoms with Crippen molar-refractivity contribution >= 4 is 16.5 Å². The Hall–Kier alpha value is -1.43. The number of hydrogen-bond donors (Lipinski definition) is 1. The summed E-state index contributed by atoms with van der Waals surface area (Å²) in [6.45, 7) is 2.13. The zero-order chi connectivity index (χ0) is 13.1. The van der Waals surface area contributed by atoms with Gasteiger partial charge in [0.15, 0.2) is 5.13 Å². The normalized spacial score (nSPS) is 18.8. The summed E-state index contributed by atoms with van der Waals surface area (Å²) >= 11 is 1.46. The van der Waals surface area contributed by atoms with Gasteiger partial charge < -0.3 is 15.2 Å². The molecule has 100 valence electrons. The minimum atomic E-state index is 0.235. The number of nitrogens with zero attached hydrogens (tertiary/aromatic N) is 1. The molecule has 1 unspecified atom stereocenters. The molecule has 5 heteroatoms. The molecule has 1 aromatic carbocycles. The van der Waals surface area contributed by atoms with E-state index >= 15 is 0 Å². The smallest absolute Gasteiger partial charge is 0.180 e. The summed E-state index contributed by atoms with van der Waals surface area (Å²) in [4.78, 5) is 4.30. The van der Waals surface area contributed by atoms with Crippen LogP contribution < -0.4 is 5.73 Å². The first-order chi connectivity index (χ1) is 9.31. The van der Waals surface area contributed by atoms with E-state index in [0.717, 1.165) is 29.8 Å². The number of nitrogen functional groups attached to an aromatic ring is 1. The molecule has 1 aliphatic rings. The van der Waals surface area contributed by atoms with Crippen LogP contribution in [0.4, 0.5) is 5.13 Å². The Morgan fingerprint density at radius 1 is 1.47 bits per heavy atom. The zero-order valence-corrected chi connectivity index (χ0v) is 11.4. The first kappa shape index (κ1) is 12.6. The van der Waals surface area contributed by atoms with Crippen LogP contribution in [0.15, 0.2) is 29.6 Å². The summed E-state index contributed by atoms with van der Waals surface area (Å²) in [6.07, 6.45) is 1.22. The van der Waals surface area contributed by atoms with E-state index in [0.29, 0.717) is 18.3 Å². The summed E-state index contributed by atoms with van der Waals surface area (Å²) in [7, 11) is 0. The molecule has 0 bridgehead atoms. The van der Waals surface area contributed by atoms with Crippen molar-refractivity contribution in [3.63, 3.8) is 0 Å². The molecule has 0 spiro atoms. The van der Waals surface area contributed by atoms with Crippen LogP contribution in [0.3, 0.4) is 0 Å². The number of aromatic nitrogens is 1. The number of thiazole rings is 1. The van der Waals surface area contributed by atoms with Crippen molar-refractivity contribution in [2.24, 2.45) is 0 Å². The molecule has 2 aromatic rings. The fourth-order valence-electron chi connectivity index (χ4n) is 2.10. The third kappa shape index (κ3) is 3.12. The summed E-state index contributed by atoms with van der Waals surface area (Å²) < 4.78 is 11.1. The number of ether oxygens (including phenoxy) is 2. The van der Waals surface area contributed by atoms with Crippen LogP contribution in [0, 0.1) is 0 Å². The van der Waals surface area contributed by atoms with Gasteiger partial charge in [0.1, 0.15) is 0 Å². The van der Waals surface area contributed by atoms with E-state index in [2.05, 4.69) is 17.1 Å². The van der Waals surface area contributed by atoms with Crippen LogP contribution in [0.5, 0.6) is 0 Å². The monoisotopic (exact) mass is 276 g/mol. The molecule has 1 saturated heterocycles. The number of rotatable bonds is 4. The minimum absolute atomic E-state index is 0.235. The van der Waals surface area contributed by atoms with Gasteiger partial charge in [0, 0.05) is 17.6 Å². The predicted molar refractivity (Wildman–Crippen MR) is 76.0 cm³/mol. The molecule has 2 N–H and O–H groups in total. The fraction of sp³-hybridized carbons (Fsp3) is 0.357. The van der Waals surface area contributed by atoms with Crippen LogP contribution in [0.25, 0.3) is 11.3 Å². The Labute approximate surface area is 116 Å². The second-order valence-corrected chi connectivity index (χ2v) is 5.46. The highest BCUT2D eigenvalue weighted by Gasteiger charge is 2.15. The largest absolute Gasteiger partial charge is 0.379 e. The van der Waals surface area contributed by atoms with Crippen molar-refractivity contribution in [2.75, 3.05) is 18.9 Å². The van der Waals surface area contributed by atoms with E-state index in [9.17, 15) is 0 Å². The van der Waals surface area contributed by atoms with Crippen LogP contribution in [0.2, 0.25) is 0 Å². The average Bonchev–Trinajstić information content (AvgIpc) is 3.08. The Morgan fingerprint density at radius 3 is 3.16 bits per heavy atom. The molecular formula is C14H16N2O2S. The van der Waals surface area contributed by atoms with Gasteiger partial charge in [-0.05, 0) is 18.1 Å². The van der Waals surface area contributed by atoms with Crippen LogP contribution >= 0.6 is 11.3 Å². The second-order valence-electron chi connectivity index (χ2n) is 4.57. The highest BCUT2D eigenvalue weighted by Crippen LogP contribution is 2.24. The van der Waals surface area contributed by atoms with E-state index in [1.54, 1.807) is 0 Å². The molecule has 1 aromatic heterocycles. The summed E-state index contributed by atoms with van der Waals surface area (Å²) in [5.41, 5.74) is 8.82. The van der Waals surface area contributed by atoms with Gasteiger partial charge in [0.25, 0.3) is 0 Å². The maximum Gasteiger partial charge on any atom is 0.180 e. The molecule has 0 radical (unpaired) electrons. The number of benzene rings is 1. The molecule has 0 saturated carbocycles. The summed E-state index contributed by atoms with van der Waals surface area (Å²) in [5.74, 6) is 0. The van der Waals surface area contributed by atoms with Crippen molar-refractivity contribution in [3.8, 4) is 11.3 Å². The third-order valence-electron chi connectivity index (χ3n) is 3.12. The second kappa shape index (κ2) is 5.69. The van der Waals surface area contributed by atoms with Crippen molar-refractivity contribution in [1.29, 1.82) is 0 Å². The Balaban J connectivity index is 1.69. The molecule has 4 nitrogen and oxygen atoms in total. The van der Waals surface area contributed by atoms with Gasteiger partial charge in [-0.15, -0.1) is 11.3 Å². The van der Waals surface area contributed by atoms with E-state index < -0.39 is 0 Å². The molecule has 0 aliphatic carbocycles. The molecule has 1 fully saturated rings. The van der Waals surface area contributed by atoms with E-state index in [1.807, 2.05) is 17.5 Å². The van der Waals surface area contributed by atoms with E-state index in [4.69, 9.17) is 15.2 Å². The average molecular weight is 276 g/mol. The Bertz CT molecular complexity index is 550. The van der Waals surface area contributed by atoms with Crippen LogP contribution in [0.1, 0.15) is 12.0 Å².